The average molecular weight is 274 g/mol. The van der Waals surface area contributed by atoms with Crippen LogP contribution in [0, 0.1) is 29.0 Å². The van der Waals surface area contributed by atoms with E-state index in [1.54, 1.807) is 6.07 Å². The highest BCUT2D eigenvalue weighted by molar-refractivity contribution is 5.33. The number of rotatable bonds is 5. The number of benzene rings is 1. The first-order valence-corrected chi connectivity index (χ1v) is 7.58. The molecule has 108 valence electrons. The van der Waals surface area contributed by atoms with Gasteiger partial charge in [0.05, 0.1) is 11.6 Å². The van der Waals surface area contributed by atoms with E-state index in [4.69, 9.17) is 5.26 Å². The summed E-state index contributed by atoms with van der Waals surface area (Å²) in [7, 11) is 0. The van der Waals surface area contributed by atoms with E-state index < -0.39 is 0 Å². The minimum absolute atomic E-state index is 0.233. The Balaban J connectivity index is 1.72. The second kappa shape index (κ2) is 7.40. The molecule has 20 heavy (non-hydrogen) atoms. The molecule has 0 radical (unpaired) electrons. The summed E-state index contributed by atoms with van der Waals surface area (Å²) in [6, 6.07) is 6.56. The molecular weight excluding hydrogens is 251 g/mol. The van der Waals surface area contributed by atoms with Crippen LogP contribution in [0.4, 0.5) is 4.39 Å². The van der Waals surface area contributed by atoms with Gasteiger partial charge in [-0.1, -0.05) is 32.6 Å². The molecule has 0 saturated heterocycles. The van der Waals surface area contributed by atoms with Crippen molar-refractivity contribution in [3.05, 3.63) is 35.1 Å². The minimum atomic E-state index is -0.233. The molecule has 0 spiro atoms. The van der Waals surface area contributed by atoms with Crippen molar-refractivity contribution in [2.45, 2.75) is 45.6 Å². The Morgan fingerprint density at radius 1 is 1.30 bits per heavy atom. The lowest BCUT2D eigenvalue weighted by molar-refractivity contribution is 0.275. The molecule has 1 aliphatic carbocycles. The monoisotopic (exact) mass is 274 g/mol. The molecule has 0 aromatic heterocycles. The second-order valence-electron chi connectivity index (χ2n) is 6.01. The molecule has 2 rings (SSSR count). The van der Waals surface area contributed by atoms with E-state index in [-0.39, 0.29) is 5.82 Å². The maximum Gasteiger partial charge on any atom is 0.127 e. The van der Waals surface area contributed by atoms with Gasteiger partial charge in [0.15, 0.2) is 0 Å². The summed E-state index contributed by atoms with van der Waals surface area (Å²) < 4.78 is 13.6. The van der Waals surface area contributed by atoms with Gasteiger partial charge in [0.25, 0.3) is 0 Å². The quantitative estimate of drug-likeness (QED) is 0.824. The van der Waals surface area contributed by atoms with Crippen LogP contribution >= 0.6 is 0 Å². The topological polar surface area (TPSA) is 35.8 Å². The van der Waals surface area contributed by atoms with Crippen molar-refractivity contribution >= 4 is 0 Å². The van der Waals surface area contributed by atoms with Gasteiger partial charge >= 0.3 is 0 Å². The summed E-state index contributed by atoms with van der Waals surface area (Å²) in [6.07, 6.45) is 6.54. The van der Waals surface area contributed by atoms with Crippen molar-refractivity contribution in [1.29, 1.82) is 5.26 Å². The van der Waals surface area contributed by atoms with Gasteiger partial charge in [0.2, 0.25) is 0 Å². The van der Waals surface area contributed by atoms with Crippen molar-refractivity contribution in [3.8, 4) is 6.07 Å². The normalized spacial score (nSPS) is 22.4. The van der Waals surface area contributed by atoms with Crippen LogP contribution in [-0.4, -0.2) is 6.54 Å². The van der Waals surface area contributed by atoms with E-state index in [0.717, 1.165) is 18.4 Å². The molecule has 0 atom stereocenters. The summed E-state index contributed by atoms with van der Waals surface area (Å²) >= 11 is 0. The molecular formula is C17H23FN2. The first-order chi connectivity index (χ1) is 9.69. The zero-order valence-corrected chi connectivity index (χ0v) is 12.2. The Bertz CT molecular complexity index is 470. The molecule has 1 aromatic rings. The number of hydrogen-bond donors (Lipinski definition) is 1. The highest BCUT2D eigenvalue weighted by Gasteiger charge is 2.17. The summed E-state index contributed by atoms with van der Waals surface area (Å²) in [5, 5.41) is 12.1. The van der Waals surface area contributed by atoms with Gasteiger partial charge in [-0.05, 0) is 43.0 Å². The molecule has 2 nitrogen and oxygen atoms in total. The van der Waals surface area contributed by atoms with E-state index in [2.05, 4.69) is 12.2 Å². The number of nitriles is 1. The fourth-order valence-corrected chi connectivity index (χ4v) is 2.93. The zero-order chi connectivity index (χ0) is 14.4. The molecule has 1 aliphatic rings. The van der Waals surface area contributed by atoms with Gasteiger partial charge in [-0.2, -0.15) is 5.26 Å². The van der Waals surface area contributed by atoms with Crippen molar-refractivity contribution < 1.29 is 4.39 Å². The average Bonchev–Trinajstić information content (AvgIpc) is 2.47. The maximum atomic E-state index is 13.6. The molecule has 0 heterocycles. The van der Waals surface area contributed by atoms with E-state index in [0.29, 0.717) is 17.7 Å². The standard InChI is InChI=1S/C17H23FN2/c1-13-2-4-14(5-3-13)8-9-20-12-16-10-15(11-19)6-7-17(16)18/h6-7,10,13-14,20H,2-5,8-9,12H2,1H3. The third kappa shape index (κ3) is 4.31. The van der Waals surface area contributed by atoms with Crippen LogP contribution in [0.3, 0.4) is 0 Å². The SMILES string of the molecule is CC1CCC(CCNCc2cc(C#N)ccc2F)CC1. The van der Waals surface area contributed by atoms with Crippen LogP contribution in [-0.2, 0) is 6.54 Å². The largest absolute Gasteiger partial charge is 0.313 e. The Labute approximate surface area is 121 Å². The summed E-state index contributed by atoms with van der Waals surface area (Å²) in [4.78, 5) is 0. The molecule has 0 bridgehead atoms. The predicted molar refractivity (Wildman–Crippen MR) is 78.6 cm³/mol. The Hall–Kier alpha value is -1.40. The summed E-state index contributed by atoms with van der Waals surface area (Å²) in [5.74, 6) is 1.49. The van der Waals surface area contributed by atoms with Crippen molar-refractivity contribution in [3.63, 3.8) is 0 Å². The van der Waals surface area contributed by atoms with E-state index in [9.17, 15) is 4.39 Å². The number of nitrogens with zero attached hydrogens (tertiary/aromatic N) is 1. The fraction of sp³-hybridized carbons (Fsp3) is 0.588. The minimum Gasteiger partial charge on any atom is -0.313 e. The fourth-order valence-electron chi connectivity index (χ4n) is 2.93. The van der Waals surface area contributed by atoms with Gasteiger partial charge < -0.3 is 5.32 Å². The molecule has 1 saturated carbocycles. The number of nitrogens with one attached hydrogen (secondary N) is 1. The molecule has 1 fully saturated rings. The Kier molecular flexibility index (Phi) is 5.55. The van der Waals surface area contributed by atoms with Crippen LogP contribution < -0.4 is 5.32 Å². The van der Waals surface area contributed by atoms with E-state index in [1.165, 1.54) is 44.2 Å². The molecule has 3 heteroatoms. The molecule has 0 amide bonds. The summed E-state index contributed by atoms with van der Waals surface area (Å²) in [5.41, 5.74) is 1.10. The van der Waals surface area contributed by atoms with Crippen LogP contribution in [0.25, 0.3) is 0 Å². The van der Waals surface area contributed by atoms with E-state index in [1.807, 2.05) is 6.07 Å². The van der Waals surface area contributed by atoms with Crippen molar-refractivity contribution in [1.82, 2.24) is 5.32 Å². The van der Waals surface area contributed by atoms with Gasteiger partial charge in [-0.15, -0.1) is 0 Å². The third-order valence-electron chi connectivity index (χ3n) is 4.36. The van der Waals surface area contributed by atoms with Crippen LogP contribution in [0.1, 0.15) is 50.2 Å². The molecule has 0 unspecified atom stereocenters. The van der Waals surface area contributed by atoms with Crippen LogP contribution in [0.15, 0.2) is 18.2 Å². The number of hydrogen-bond acceptors (Lipinski definition) is 2. The van der Waals surface area contributed by atoms with E-state index >= 15 is 0 Å². The Morgan fingerprint density at radius 2 is 2.05 bits per heavy atom. The predicted octanol–water partition coefficient (Wildman–Crippen LogP) is 4.00. The highest BCUT2D eigenvalue weighted by Crippen LogP contribution is 2.29. The molecule has 0 aliphatic heterocycles. The lowest BCUT2D eigenvalue weighted by atomic mass is 9.81. The first-order valence-electron chi connectivity index (χ1n) is 7.58. The lowest BCUT2D eigenvalue weighted by Crippen LogP contribution is -2.21. The molecule has 1 aromatic carbocycles. The van der Waals surface area contributed by atoms with Gasteiger partial charge in [0.1, 0.15) is 5.82 Å². The van der Waals surface area contributed by atoms with Crippen molar-refractivity contribution in [2.75, 3.05) is 6.54 Å². The van der Waals surface area contributed by atoms with Crippen molar-refractivity contribution in [2.24, 2.45) is 11.8 Å². The van der Waals surface area contributed by atoms with Crippen LogP contribution in [0.2, 0.25) is 0 Å². The third-order valence-corrected chi connectivity index (χ3v) is 4.36. The van der Waals surface area contributed by atoms with Gasteiger partial charge in [-0.25, -0.2) is 4.39 Å². The second-order valence-corrected chi connectivity index (χ2v) is 6.01. The maximum absolute atomic E-state index is 13.6. The lowest BCUT2D eigenvalue weighted by Gasteiger charge is -2.26. The number of halogens is 1. The summed E-state index contributed by atoms with van der Waals surface area (Å²) in [6.45, 7) is 3.76. The first kappa shape index (κ1) is 15.0. The van der Waals surface area contributed by atoms with Crippen LogP contribution in [0.5, 0.6) is 0 Å². The van der Waals surface area contributed by atoms with Gasteiger partial charge in [-0.3, -0.25) is 0 Å². The van der Waals surface area contributed by atoms with Gasteiger partial charge in [0, 0.05) is 12.1 Å². The Morgan fingerprint density at radius 3 is 2.75 bits per heavy atom. The highest BCUT2D eigenvalue weighted by atomic mass is 19.1. The smallest absolute Gasteiger partial charge is 0.127 e. The zero-order valence-electron chi connectivity index (χ0n) is 12.2. The molecule has 1 N–H and O–H groups in total.